The largest absolute Gasteiger partial charge is 0.481 e. The molecule has 1 aromatic rings. The second-order valence-electron chi connectivity index (χ2n) is 5.93. The fourth-order valence-electron chi connectivity index (χ4n) is 3.19. The zero-order valence-corrected chi connectivity index (χ0v) is 11.8. The molecule has 2 aliphatic rings. The first-order chi connectivity index (χ1) is 9.92. The third-order valence-electron chi connectivity index (χ3n) is 4.45. The van der Waals surface area contributed by atoms with Crippen molar-refractivity contribution < 1.29 is 14.8 Å². The number of carbonyl (C=O) groups is 1. The summed E-state index contributed by atoms with van der Waals surface area (Å²) in [6, 6.07) is 3.24. The Kier molecular flexibility index (Phi) is 3.00. The number of aliphatic carboxylic acids is 1. The number of fused-ring (bicyclic) bond motifs is 1. The fourth-order valence-corrected chi connectivity index (χ4v) is 3.19. The molecule has 3 rings (SSSR count). The predicted molar refractivity (Wildman–Crippen MR) is 77.9 cm³/mol. The van der Waals surface area contributed by atoms with Crippen LogP contribution < -0.4 is 10.2 Å². The van der Waals surface area contributed by atoms with Crippen LogP contribution in [0.25, 0.3) is 0 Å². The number of anilines is 2. The number of carboxylic acids is 1. The number of nitro groups is 1. The molecule has 7 heteroatoms. The van der Waals surface area contributed by atoms with Crippen molar-refractivity contribution in [2.24, 2.45) is 5.41 Å². The van der Waals surface area contributed by atoms with Crippen LogP contribution in [0.5, 0.6) is 0 Å². The Balaban J connectivity index is 2.05. The average molecular weight is 291 g/mol. The summed E-state index contributed by atoms with van der Waals surface area (Å²) in [6.45, 7) is 3.29. The van der Waals surface area contributed by atoms with Crippen LogP contribution in [0.2, 0.25) is 0 Å². The summed E-state index contributed by atoms with van der Waals surface area (Å²) in [5.41, 5.74) is 1.65. The van der Waals surface area contributed by atoms with Crippen molar-refractivity contribution in [1.82, 2.24) is 0 Å². The third kappa shape index (κ3) is 2.09. The van der Waals surface area contributed by atoms with Gasteiger partial charge in [0.05, 0.1) is 10.3 Å². The van der Waals surface area contributed by atoms with Gasteiger partial charge in [-0.3, -0.25) is 14.9 Å². The van der Waals surface area contributed by atoms with Crippen LogP contribution in [-0.4, -0.2) is 35.6 Å². The lowest BCUT2D eigenvalue weighted by atomic mass is 9.90. The van der Waals surface area contributed by atoms with Gasteiger partial charge in [0, 0.05) is 37.0 Å². The number of nitrogens with one attached hydrogen (secondary N) is 1. The first kappa shape index (κ1) is 13.7. The number of hydrogen-bond acceptors (Lipinski definition) is 5. The molecule has 0 aromatic heterocycles. The predicted octanol–water partition coefficient (Wildman–Crippen LogP) is 1.86. The molecule has 2 N–H and O–H groups in total. The molecule has 1 fully saturated rings. The van der Waals surface area contributed by atoms with Gasteiger partial charge in [0.25, 0.3) is 5.69 Å². The number of rotatable bonds is 3. The summed E-state index contributed by atoms with van der Waals surface area (Å²) < 4.78 is 0. The molecule has 1 unspecified atom stereocenters. The molecule has 0 radical (unpaired) electrons. The van der Waals surface area contributed by atoms with Gasteiger partial charge in [0.15, 0.2) is 0 Å². The van der Waals surface area contributed by atoms with E-state index in [0.29, 0.717) is 25.2 Å². The molecular weight excluding hydrogens is 274 g/mol. The Morgan fingerprint density at radius 1 is 1.52 bits per heavy atom. The molecule has 112 valence electrons. The number of carboxylic acid groups (broad SMARTS) is 1. The van der Waals surface area contributed by atoms with Crippen molar-refractivity contribution in [2.45, 2.75) is 19.8 Å². The van der Waals surface area contributed by atoms with E-state index in [1.165, 1.54) is 6.07 Å². The van der Waals surface area contributed by atoms with Gasteiger partial charge in [-0.2, -0.15) is 0 Å². The van der Waals surface area contributed by atoms with Crippen LogP contribution in [0.3, 0.4) is 0 Å². The second-order valence-corrected chi connectivity index (χ2v) is 5.93. The maximum Gasteiger partial charge on any atom is 0.311 e. The SMILES string of the molecule is CC1(C(=O)O)CCN(c2c([N+](=O)[O-])ccc3c2CCN3)C1. The van der Waals surface area contributed by atoms with Gasteiger partial charge in [0.1, 0.15) is 5.69 Å². The Morgan fingerprint density at radius 3 is 2.90 bits per heavy atom. The summed E-state index contributed by atoms with van der Waals surface area (Å²) in [5.74, 6) is -0.849. The number of nitrogens with zero attached hydrogens (tertiary/aromatic N) is 2. The molecule has 0 amide bonds. The zero-order chi connectivity index (χ0) is 15.2. The Morgan fingerprint density at radius 2 is 2.29 bits per heavy atom. The first-order valence-electron chi connectivity index (χ1n) is 6.95. The van der Waals surface area contributed by atoms with Crippen molar-refractivity contribution in [3.05, 3.63) is 27.8 Å². The van der Waals surface area contributed by atoms with Gasteiger partial charge >= 0.3 is 5.97 Å². The molecule has 0 aliphatic carbocycles. The van der Waals surface area contributed by atoms with E-state index in [4.69, 9.17) is 0 Å². The van der Waals surface area contributed by atoms with Crippen LogP contribution in [0.4, 0.5) is 17.1 Å². The number of benzene rings is 1. The first-order valence-corrected chi connectivity index (χ1v) is 6.95. The Bertz CT molecular complexity index is 631. The molecule has 2 heterocycles. The quantitative estimate of drug-likeness (QED) is 0.652. The van der Waals surface area contributed by atoms with E-state index >= 15 is 0 Å². The van der Waals surface area contributed by atoms with Gasteiger partial charge in [-0.25, -0.2) is 0 Å². The van der Waals surface area contributed by atoms with Crippen LogP contribution in [0.15, 0.2) is 12.1 Å². The summed E-state index contributed by atoms with van der Waals surface area (Å²) in [7, 11) is 0. The monoisotopic (exact) mass is 291 g/mol. The Labute approximate surface area is 121 Å². The maximum atomic E-state index is 11.4. The molecule has 7 nitrogen and oxygen atoms in total. The highest BCUT2D eigenvalue weighted by Gasteiger charge is 2.43. The summed E-state index contributed by atoms with van der Waals surface area (Å²) >= 11 is 0. The zero-order valence-electron chi connectivity index (χ0n) is 11.8. The van der Waals surface area contributed by atoms with E-state index in [-0.39, 0.29) is 10.6 Å². The van der Waals surface area contributed by atoms with Gasteiger partial charge < -0.3 is 15.3 Å². The highest BCUT2D eigenvalue weighted by molar-refractivity contribution is 5.81. The van der Waals surface area contributed by atoms with E-state index in [1.54, 1.807) is 13.0 Å². The smallest absolute Gasteiger partial charge is 0.311 e. The number of nitro benzene ring substituents is 1. The van der Waals surface area contributed by atoms with Gasteiger partial charge in [-0.1, -0.05) is 0 Å². The minimum Gasteiger partial charge on any atom is -0.481 e. The molecule has 1 saturated heterocycles. The summed E-state index contributed by atoms with van der Waals surface area (Å²) in [6.07, 6.45) is 1.23. The highest BCUT2D eigenvalue weighted by atomic mass is 16.6. The van der Waals surface area contributed by atoms with E-state index in [2.05, 4.69) is 5.32 Å². The van der Waals surface area contributed by atoms with Crippen molar-refractivity contribution in [3.63, 3.8) is 0 Å². The van der Waals surface area contributed by atoms with Gasteiger partial charge in [-0.05, 0) is 25.8 Å². The van der Waals surface area contributed by atoms with Gasteiger partial charge in [0.2, 0.25) is 0 Å². The minimum absolute atomic E-state index is 0.0621. The molecular formula is C14H17N3O4. The molecule has 21 heavy (non-hydrogen) atoms. The van der Waals surface area contributed by atoms with Crippen LogP contribution in [-0.2, 0) is 11.2 Å². The van der Waals surface area contributed by atoms with Crippen LogP contribution in [0.1, 0.15) is 18.9 Å². The minimum atomic E-state index is -0.849. The molecule has 2 aliphatic heterocycles. The lowest BCUT2D eigenvalue weighted by Gasteiger charge is -2.23. The molecule has 0 saturated carbocycles. The van der Waals surface area contributed by atoms with Crippen molar-refractivity contribution in [1.29, 1.82) is 0 Å². The summed E-state index contributed by atoms with van der Waals surface area (Å²) in [5, 5.41) is 23.9. The average Bonchev–Trinajstić information content (AvgIpc) is 3.04. The fraction of sp³-hybridized carbons (Fsp3) is 0.500. The van der Waals surface area contributed by atoms with E-state index < -0.39 is 11.4 Å². The molecule has 1 atom stereocenters. The summed E-state index contributed by atoms with van der Waals surface area (Å²) in [4.78, 5) is 24.2. The number of hydrogen-bond donors (Lipinski definition) is 2. The van der Waals surface area contributed by atoms with E-state index in [0.717, 1.165) is 24.2 Å². The Hall–Kier alpha value is -2.31. The molecule has 0 spiro atoms. The van der Waals surface area contributed by atoms with Crippen LogP contribution in [0, 0.1) is 15.5 Å². The van der Waals surface area contributed by atoms with Crippen molar-refractivity contribution in [3.8, 4) is 0 Å². The lowest BCUT2D eigenvalue weighted by Crippen LogP contribution is -2.32. The third-order valence-corrected chi connectivity index (χ3v) is 4.45. The van der Waals surface area contributed by atoms with Crippen LogP contribution >= 0.6 is 0 Å². The molecule has 0 bridgehead atoms. The second kappa shape index (κ2) is 4.61. The highest BCUT2D eigenvalue weighted by Crippen LogP contribution is 2.43. The standard InChI is InChI=1S/C14H17N3O4/c1-14(13(18)19)5-7-16(8-14)12-9-4-6-15-10(9)2-3-11(12)17(20)21/h2-3,15H,4-8H2,1H3,(H,18,19). The van der Waals surface area contributed by atoms with E-state index in [9.17, 15) is 20.0 Å². The molecule has 1 aromatic carbocycles. The van der Waals surface area contributed by atoms with E-state index in [1.807, 2.05) is 4.90 Å². The maximum absolute atomic E-state index is 11.4. The van der Waals surface area contributed by atoms with Crippen molar-refractivity contribution in [2.75, 3.05) is 29.9 Å². The normalized spacial score (nSPS) is 23.8. The van der Waals surface area contributed by atoms with Crippen molar-refractivity contribution >= 4 is 23.0 Å². The topological polar surface area (TPSA) is 95.7 Å². The lowest BCUT2D eigenvalue weighted by molar-refractivity contribution is -0.384. The van der Waals surface area contributed by atoms with Gasteiger partial charge in [-0.15, -0.1) is 0 Å².